The van der Waals surface area contributed by atoms with Gasteiger partial charge in [-0.3, -0.25) is 20.2 Å². The molecular formula is C17H21FN2O3S. The summed E-state index contributed by atoms with van der Waals surface area (Å²) in [6.07, 6.45) is 3.70. The Morgan fingerprint density at radius 1 is 0.917 bits per heavy atom. The molecule has 1 aliphatic rings. The van der Waals surface area contributed by atoms with Crippen molar-refractivity contribution < 1.29 is 18.3 Å². The summed E-state index contributed by atoms with van der Waals surface area (Å²) >= 11 is 0.324. The Morgan fingerprint density at radius 3 is 2.17 bits per heavy atom. The van der Waals surface area contributed by atoms with Gasteiger partial charge in [-0.15, -0.1) is 0 Å². The minimum atomic E-state index is -1.27. The molecule has 0 atom stereocenters. The van der Waals surface area contributed by atoms with Crippen LogP contribution in [0.25, 0.3) is 0 Å². The number of carbonyl (C=O) groups excluding carboxylic acids is 3. The molecule has 5 nitrogen and oxygen atoms in total. The lowest BCUT2D eigenvalue weighted by Gasteiger charge is -2.34. The average Bonchev–Trinajstić information content (AvgIpc) is 2.56. The van der Waals surface area contributed by atoms with Gasteiger partial charge >= 0.3 is 6.03 Å². The number of barbiturate groups is 1. The van der Waals surface area contributed by atoms with E-state index in [9.17, 15) is 18.3 Å². The molecule has 1 aromatic rings. The van der Waals surface area contributed by atoms with Crippen molar-refractivity contribution in [3.63, 3.8) is 0 Å². The topological polar surface area (TPSA) is 75.3 Å². The van der Waals surface area contributed by atoms with Crippen molar-refractivity contribution in [3.05, 3.63) is 35.9 Å². The molecule has 1 heterocycles. The Morgan fingerprint density at radius 2 is 1.54 bits per heavy atom. The van der Waals surface area contributed by atoms with E-state index in [0.717, 1.165) is 24.8 Å². The molecule has 0 radical (unpaired) electrons. The second kappa shape index (κ2) is 8.82. The number of amides is 4. The molecule has 7 heteroatoms. The molecule has 0 unspecified atom stereocenters. The van der Waals surface area contributed by atoms with E-state index in [-0.39, 0.29) is 6.42 Å². The van der Waals surface area contributed by atoms with Gasteiger partial charge in [0.25, 0.3) is 0 Å². The second-order valence-electron chi connectivity index (χ2n) is 5.96. The highest BCUT2D eigenvalue weighted by Gasteiger charge is 2.49. The van der Waals surface area contributed by atoms with E-state index in [1.165, 1.54) is 0 Å². The summed E-state index contributed by atoms with van der Waals surface area (Å²) in [5.74, 6) is -0.621. The number of imide groups is 2. The van der Waals surface area contributed by atoms with E-state index in [0.29, 0.717) is 30.7 Å². The number of hydrogen-bond donors (Lipinski definition) is 2. The first kappa shape index (κ1) is 18.4. The van der Waals surface area contributed by atoms with Gasteiger partial charge in [-0.05, 0) is 24.8 Å². The number of carbonyl (C=O) groups is 3. The fourth-order valence-electron chi connectivity index (χ4n) is 2.94. The number of unbranched alkanes of at least 4 members (excludes halogenated alkanes) is 3. The minimum Gasteiger partial charge on any atom is -0.277 e. The standard InChI is InChI=1S/C17H21FN2O3S/c18-24-11-7-2-1-6-10-17(12-13-8-4-3-5-9-13)14(21)19-16(23)20-15(17)22/h3-5,8-9H,1-2,6-7,10-12H2,(H2,19,20,21,22,23). The van der Waals surface area contributed by atoms with Gasteiger partial charge in [0.05, 0.1) is 0 Å². The zero-order chi connectivity index (χ0) is 17.4. The van der Waals surface area contributed by atoms with Crippen LogP contribution >= 0.6 is 12.1 Å². The van der Waals surface area contributed by atoms with Gasteiger partial charge in [0.2, 0.25) is 11.8 Å². The molecule has 0 aliphatic carbocycles. The van der Waals surface area contributed by atoms with E-state index in [2.05, 4.69) is 10.6 Å². The molecule has 1 aliphatic heterocycles. The number of urea groups is 1. The van der Waals surface area contributed by atoms with Crippen LogP contribution in [0.2, 0.25) is 0 Å². The lowest BCUT2D eigenvalue weighted by molar-refractivity contribution is -0.145. The summed E-state index contributed by atoms with van der Waals surface area (Å²) in [5, 5.41) is 4.44. The van der Waals surface area contributed by atoms with Crippen LogP contribution in [-0.2, 0) is 16.0 Å². The molecule has 0 aromatic heterocycles. The van der Waals surface area contributed by atoms with E-state index in [4.69, 9.17) is 0 Å². The quantitative estimate of drug-likeness (QED) is 0.529. The number of benzene rings is 1. The highest BCUT2D eigenvalue weighted by molar-refractivity contribution is 7.94. The zero-order valence-corrected chi connectivity index (χ0v) is 14.2. The van der Waals surface area contributed by atoms with Crippen LogP contribution in [0, 0.1) is 5.41 Å². The summed E-state index contributed by atoms with van der Waals surface area (Å²) in [6.45, 7) is 0. The average molecular weight is 352 g/mol. The van der Waals surface area contributed by atoms with Gasteiger partial charge in [0.15, 0.2) is 0 Å². The summed E-state index contributed by atoms with van der Waals surface area (Å²) < 4.78 is 12.0. The Labute approximate surface area is 145 Å². The Balaban J connectivity index is 2.08. The second-order valence-corrected chi connectivity index (χ2v) is 6.59. The molecular weight excluding hydrogens is 331 g/mol. The van der Waals surface area contributed by atoms with Crippen molar-refractivity contribution in [3.8, 4) is 0 Å². The first-order valence-corrected chi connectivity index (χ1v) is 8.91. The summed E-state index contributed by atoms with van der Waals surface area (Å²) in [7, 11) is 0. The molecule has 24 heavy (non-hydrogen) atoms. The SMILES string of the molecule is O=C1NC(=O)C(CCCCCCSF)(Cc2ccccc2)C(=O)N1. The highest BCUT2D eigenvalue weighted by Crippen LogP contribution is 2.32. The van der Waals surface area contributed by atoms with Crippen molar-refractivity contribution in [1.82, 2.24) is 10.6 Å². The van der Waals surface area contributed by atoms with E-state index >= 15 is 0 Å². The fraction of sp³-hybridized carbons (Fsp3) is 0.471. The Hall–Kier alpha value is -1.89. The number of rotatable bonds is 9. The third-order valence-corrected chi connectivity index (χ3v) is 4.69. The third-order valence-electron chi connectivity index (χ3n) is 4.25. The van der Waals surface area contributed by atoms with Crippen LogP contribution in [0.15, 0.2) is 30.3 Å². The van der Waals surface area contributed by atoms with Crippen LogP contribution in [-0.4, -0.2) is 23.6 Å². The number of hydrogen-bond acceptors (Lipinski definition) is 4. The minimum absolute atomic E-state index is 0.249. The lowest BCUT2D eigenvalue weighted by Crippen LogP contribution is -2.63. The summed E-state index contributed by atoms with van der Waals surface area (Å²) in [5.41, 5.74) is -0.407. The van der Waals surface area contributed by atoms with Crippen molar-refractivity contribution in [2.24, 2.45) is 5.41 Å². The molecule has 1 aromatic carbocycles. The molecule has 2 rings (SSSR count). The monoisotopic (exact) mass is 352 g/mol. The van der Waals surface area contributed by atoms with Gasteiger partial charge in [-0.1, -0.05) is 49.6 Å². The van der Waals surface area contributed by atoms with E-state index in [1.54, 1.807) is 0 Å². The molecule has 0 saturated carbocycles. The molecule has 1 saturated heterocycles. The van der Waals surface area contributed by atoms with Gasteiger partial charge in [0.1, 0.15) is 5.41 Å². The summed E-state index contributed by atoms with van der Waals surface area (Å²) in [6, 6.07) is 8.51. The maximum absolute atomic E-state index is 12.5. The van der Waals surface area contributed by atoms with Crippen molar-refractivity contribution in [1.29, 1.82) is 0 Å². The Bertz CT molecular complexity index is 575. The fourth-order valence-corrected chi connectivity index (χ4v) is 3.25. The maximum atomic E-state index is 12.5. The third kappa shape index (κ3) is 4.56. The van der Waals surface area contributed by atoms with Crippen LogP contribution in [0.3, 0.4) is 0 Å². The summed E-state index contributed by atoms with van der Waals surface area (Å²) in [4.78, 5) is 36.3. The molecule has 2 N–H and O–H groups in total. The number of nitrogens with one attached hydrogen (secondary N) is 2. The molecule has 130 valence electrons. The lowest BCUT2D eigenvalue weighted by atomic mass is 9.74. The first-order valence-electron chi connectivity index (χ1n) is 8.03. The predicted octanol–water partition coefficient (Wildman–Crippen LogP) is 3.15. The predicted molar refractivity (Wildman–Crippen MR) is 90.9 cm³/mol. The van der Waals surface area contributed by atoms with Gasteiger partial charge < -0.3 is 0 Å². The van der Waals surface area contributed by atoms with E-state index in [1.807, 2.05) is 30.3 Å². The van der Waals surface area contributed by atoms with Crippen molar-refractivity contribution in [2.75, 3.05) is 5.75 Å². The first-order chi connectivity index (χ1) is 11.6. The van der Waals surface area contributed by atoms with Gasteiger partial charge in [-0.2, -0.15) is 3.89 Å². The molecule has 1 fully saturated rings. The van der Waals surface area contributed by atoms with E-state index < -0.39 is 23.3 Å². The van der Waals surface area contributed by atoms with Crippen LogP contribution in [0.4, 0.5) is 8.68 Å². The number of halogens is 1. The van der Waals surface area contributed by atoms with Crippen LogP contribution < -0.4 is 10.6 Å². The highest BCUT2D eigenvalue weighted by atomic mass is 32.2. The Kier molecular flexibility index (Phi) is 6.78. The molecule has 0 spiro atoms. The van der Waals surface area contributed by atoms with Gasteiger partial charge in [0, 0.05) is 17.9 Å². The molecule has 4 amide bonds. The maximum Gasteiger partial charge on any atom is 0.328 e. The van der Waals surface area contributed by atoms with Crippen molar-refractivity contribution in [2.45, 2.75) is 38.5 Å². The smallest absolute Gasteiger partial charge is 0.277 e. The zero-order valence-electron chi connectivity index (χ0n) is 13.3. The van der Waals surface area contributed by atoms with Crippen molar-refractivity contribution >= 4 is 30.0 Å². The van der Waals surface area contributed by atoms with Crippen LogP contribution in [0.1, 0.15) is 37.7 Å². The van der Waals surface area contributed by atoms with Gasteiger partial charge in [-0.25, -0.2) is 4.79 Å². The van der Waals surface area contributed by atoms with Crippen LogP contribution in [0.5, 0.6) is 0 Å². The largest absolute Gasteiger partial charge is 0.328 e. The molecule has 0 bridgehead atoms. The normalized spacial score (nSPS) is 16.6.